The van der Waals surface area contributed by atoms with Crippen molar-refractivity contribution in [3.05, 3.63) is 75.6 Å². The molecule has 0 spiro atoms. The van der Waals surface area contributed by atoms with Crippen LogP contribution in [0.4, 0.5) is 0 Å². The second kappa shape index (κ2) is 7.59. The molecule has 0 saturated carbocycles. The minimum absolute atomic E-state index is 0.345. The van der Waals surface area contributed by atoms with Gasteiger partial charge in [0, 0.05) is 17.2 Å². The molecule has 0 N–H and O–H groups in total. The molecule has 6 nitrogen and oxygen atoms in total. The van der Waals surface area contributed by atoms with E-state index in [0.717, 1.165) is 22.2 Å². The van der Waals surface area contributed by atoms with E-state index in [0.29, 0.717) is 22.4 Å². The monoisotopic (exact) mass is 392 g/mol. The van der Waals surface area contributed by atoms with Crippen LogP contribution in [-0.4, -0.2) is 20.2 Å². The van der Waals surface area contributed by atoms with Gasteiger partial charge in [0.05, 0.1) is 5.69 Å². The van der Waals surface area contributed by atoms with Crippen LogP contribution in [0.15, 0.2) is 62.9 Å². The van der Waals surface area contributed by atoms with Gasteiger partial charge in [-0.25, -0.2) is 4.79 Å². The van der Waals surface area contributed by atoms with E-state index in [4.69, 9.17) is 4.42 Å². The molecule has 2 heterocycles. The van der Waals surface area contributed by atoms with Gasteiger partial charge in [-0.1, -0.05) is 43.8 Å². The summed E-state index contributed by atoms with van der Waals surface area (Å²) in [5.74, 6) is 0.956. The number of thioether (sulfide) groups is 1. The van der Waals surface area contributed by atoms with Crippen LogP contribution in [0.25, 0.3) is 16.7 Å². The quantitative estimate of drug-likeness (QED) is 0.368. The molecule has 0 unspecified atom stereocenters. The third kappa shape index (κ3) is 3.57. The second-order valence-corrected chi connectivity index (χ2v) is 7.89. The largest absolute Gasteiger partial charge is 0.423 e. The number of aromatic nitrogens is 4. The number of nitrogens with zero attached hydrogens (tertiary/aromatic N) is 4. The van der Waals surface area contributed by atoms with E-state index in [-0.39, 0.29) is 5.63 Å². The summed E-state index contributed by atoms with van der Waals surface area (Å²) < 4.78 is 7.13. The molecule has 0 fully saturated rings. The smallest absolute Gasteiger partial charge is 0.336 e. The lowest BCUT2D eigenvalue weighted by Crippen LogP contribution is -2.03. The summed E-state index contributed by atoms with van der Waals surface area (Å²) in [6.45, 7) is 6.37. The Hall–Kier alpha value is -2.93. The standard InChI is InChI=1S/C21H20N4O2S/c1-13(2)17-11-18-15(10-20(26)27-19(18)9-14(17)3)12-28-21-22-23-24-25(21)16-7-5-4-6-8-16/h4-11,13H,12H2,1-3H3. The van der Waals surface area contributed by atoms with Crippen LogP contribution in [0.5, 0.6) is 0 Å². The Morgan fingerprint density at radius 2 is 1.93 bits per heavy atom. The Balaban J connectivity index is 1.70. The van der Waals surface area contributed by atoms with Crippen LogP contribution in [0, 0.1) is 6.92 Å². The minimum Gasteiger partial charge on any atom is -0.423 e. The number of benzene rings is 2. The van der Waals surface area contributed by atoms with E-state index in [9.17, 15) is 4.79 Å². The first-order valence-corrected chi connectivity index (χ1v) is 10.1. The lowest BCUT2D eigenvalue weighted by molar-refractivity contribution is 0.559. The molecule has 2 aromatic carbocycles. The van der Waals surface area contributed by atoms with E-state index in [2.05, 4.69) is 35.4 Å². The molecule has 0 aliphatic heterocycles. The van der Waals surface area contributed by atoms with Gasteiger partial charge < -0.3 is 4.42 Å². The Morgan fingerprint density at radius 1 is 1.14 bits per heavy atom. The summed E-state index contributed by atoms with van der Waals surface area (Å²) in [4.78, 5) is 12.1. The molecule has 4 rings (SSSR count). The van der Waals surface area contributed by atoms with Crippen molar-refractivity contribution in [3.63, 3.8) is 0 Å². The Kier molecular flexibility index (Phi) is 5.00. The highest BCUT2D eigenvalue weighted by Crippen LogP contribution is 2.30. The molecule has 0 radical (unpaired) electrons. The Bertz CT molecular complexity index is 1180. The van der Waals surface area contributed by atoms with E-state index >= 15 is 0 Å². The molecule has 0 saturated heterocycles. The molecule has 28 heavy (non-hydrogen) atoms. The van der Waals surface area contributed by atoms with Crippen LogP contribution in [0.1, 0.15) is 36.5 Å². The number of para-hydroxylation sites is 1. The number of hydrogen-bond acceptors (Lipinski definition) is 6. The van der Waals surface area contributed by atoms with Crippen molar-refractivity contribution in [2.24, 2.45) is 0 Å². The number of fused-ring (bicyclic) bond motifs is 1. The summed E-state index contributed by atoms with van der Waals surface area (Å²) in [7, 11) is 0. The normalized spacial score (nSPS) is 11.4. The van der Waals surface area contributed by atoms with Crippen molar-refractivity contribution in [1.82, 2.24) is 20.2 Å². The predicted molar refractivity (Wildman–Crippen MR) is 110 cm³/mol. The average molecular weight is 392 g/mol. The van der Waals surface area contributed by atoms with Gasteiger partial charge in [-0.05, 0) is 64.2 Å². The third-order valence-corrected chi connectivity index (χ3v) is 5.61. The molecule has 0 aliphatic carbocycles. The minimum atomic E-state index is -0.345. The fourth-order valence-electron chi connectivity index (χ4n) is 3.28. The van der Waals surface area contributed by atoms with Gasteiger partial charge in [-0.2, -0.15) is 4.68 Å². The van der Waals surface area contributed by atoms with Gasteiger partial charge in [0.25, 0.3) is 0 Å². The molecule has 0 atom stereocenters. The lowest BCUT2D eigenvalue weighted by atomic mass is 9.95. The van der Waals surface area contributed by atoms with Crippen molar-refractivity contribution in [1.29, 1.82) is 0 Å². The highest BCUT2D eigenvalue weighted by molar-refractivity contribution is 7.98. The molecular weight excluding hydrogens is 372 g/mol. The van der Waals surface area contributed by atoms with Crippen LogP contribution >= 0.6 is 11.8 Å². The SMILES string of the molecule is Cc1cc2oc(=O)cc(CSc3nnnn3-c3ccccc3)c2cc1C(C)C. The highest BCUT2D eigenvalue weighted by atomic mass is 32.2. The van der Waals surface area contributed by atoms with Gasteiger partial charge >= 0.3 is 5.63 Å². The zero-order chi connectivity index (χ0) is 19.7. The Labute approximate surface area is 166 Å². The van der Waals surface area contributed by atoms with Crippen molar-refractivity contribution in [3.8, 4) is 5.69 Å². The molecule has 0 bridgehead atoms. The summed E-state index contributed by atoms with van der Waals surface area (Å²) in [5.41, 5.74) is 4.46. The van der Waals surface area contributed by atoms with Gasteiger partial charge in [0.15, 0.2) is 0 Å². The number of rotatable bonds is 5. The Morgan fingerprint density at radius 3 is 2.68 bits per heavy atom. The van der Waals surface area contributed by atoms with Crippen LogP contribution in [0.2, 0.25) is 0 Å². The van der Waals surface area contributed by atoms with Gasteiger partial charge in [-0.15, -0.1) is 5.10 Å². The van der Waals surface area contributed by atoms with Crippen molar-refractivity contribution in [2.45, 2.75) is 37.6 Å². The van der Waals surface area contributed by atoms with Crippen molar-refractivity contribution >= 4 is 22.7 Å². The number of aryl methyl sites for hydroxylation is 1. The zero-order valence-electron chi connectivity index (χ0n) is 15.9. The van der Waals surface area contributed by atoms with E-state index in [1.807, 2.05) is 43.3 Å². The first-order valence-electron chi connectivity index (χ1n) is 9.07. The van der Waals surface area contributed by atoms with Gasteiger partial charge in [0.1, 0.15) is 5.58 Å². The van der Waals surface area contributed by atoms with Crippen LogP contribution in [0.3, 0.4) is 0 Å². The van der Waals surface area contributed by atoms with Gasteiger partial charge in [0.2, 0.25) is 5.16 Å². The third-order valence-electron chi connectivity index (χ3n) is 4.64. The zero-order valence-corrected chi connectivity index (χ0v) is 16.7. The summed E-state index contributed by atoms with van der Waals surface area (Å²) >= 11 is 1.49. The van der Waals surface area contributed by atoms with Crippen molar-refractivity contribution in [2.75, 3.05) is 0 Å². The fraction of sp³-hybridized carbons (Fsp3) is 0.238. The van der Waals surface area contributed by atoms with E-state index in [1.54, 1.807) is 10.7 Å². The maximum absolute atomic E-state index is 12.1. The predicted octanol–water partition coefficient (Wildman–Crippen LogP) is 4.49. The summed E-state index contributed by atoms with van der Waals surface area (Å²) in [5, 5.41) is 13.6. The van der Waals surface area contributed by atoms with Crippen LogP contribution < -0.4 is 5.63 Å². The van der Waals surface area contributed by atoms with E-state index in [1.165, 1.54) is 17.3 Å². The average Bonchev–Trinajstić information content (AvgIpc) is 3.14. The first-order chi connectivity index (χ1) is 13.5. The fourth-order valence-corrected chi connectivity index (χ4v) is 4.16. The van der Waals surface area contributed by atoms with E-state index < -0.39 is 0 Å². The molecule has 7 heteroatoms. The maximum atomic E-state index is 12.1. The molecule has 2 aromatic heterocycles. The summed E-state index contributed by atoms with van der Waals surface area (Å²) in [6.07, 6.45) is 0. The van der Waals surface area contributed by atoms with Crippen LogP contribution in [-0.2, 0) is 5.75 Å². The topological polar surface area (TPSA) is 73.8 Å². The van der Waals surface area contributed by atoms with Gasteiger partial charge in [-0.3, -0.25) is 0 Å². The molecular formula is C21H20N4O2S. The second-order valence-electron chi connectivity index (χ2n) is 6.95. The number of hydrogen-bond donors (Lipinski definition) is 0. The lowest BCUT2D eigenvalue weighted by Gasteiger charge is -2.13. The maximum Gasteiger partial charge on any atom is 0.336 e. The molecule has 4 aromatic rings. The summed E-state index contributed by atoms with van der Waals surface area (Å²) in [6, 6.07) is 15.4. The molecule has 0 amide bonds. The highest BCUT2D eigenvalue weighted by Gasteiger charge is 2.14. The molecule has 142 valence electrons. The molecule has 0 aliphatic rings. The first kappa shape index (κ1) is 18.4. The van der Waals surface area contributed by atoms with Crippen molar-refractivity contribution < 1.29 is 4.42 Å². The number of tetrazole rings is 1.